The van der Waals surface area contributed by atoms with Gasteiger partial charge >= 0.3 is 6.09 Å². The fraction of sp³-hybridized carbons (Fsp3) is 0.636. The number of carbonyl (C=O) groups excluding carboxylic acids is 2. The van der Waals surface area contributed by atoms with Gasteiger partial charge in [-0.15, -0.1) is 0 Å². The van der Waals surface area contributed by atoms with Gasteiger partial charge < -0.3 is 20.3 Å². The van der Waals surface area contributed by atoms with Crippen LogP contribution in [-0.2, 0) is 9.53 Å². The molecule has 0 aliphatic carbocycles. The summed E-state index contributed by atoms with van der Waals surface area (Å²) in [5.41, 5.74) is 0.746. The van der Waals surface area contributed by atoms with Crippen LogP contribution in [0.15, 0.2) is 30.3 Å². The first kappa shape index (κ1) is 23.2. The number of piperazine rings is 1. The summed E-state index contributed by atoms with van der Waals surface area (Å²) >= 11 is 0. The van der Waals surface area contributed by atoms with E-state index in [1.54, 1.807) is 27.7 Å². The maximum atomic E-state index is 12.2. The third-order valence-electron chi connectivity index (χ3n) is 4.93. The van der Waals surface area contributed by atoms with Crippen molar-refractivity contribution in [2.45, 2.75) is 51.8 Å². The number of nitrogens with zero attached hydrogens (tertiary/aromatic N) is 2. The molecule has 1 aliphatic heterocycles. The largest absolute Gasteiger partial charge is 0.444 e. The quantitative estimate of drug-likeness (QED) is 0.683. The minimum Gasteiger partial charge on any atom is -0.444 e. The zero-order valence-electron chi connectivity index (χ0n) is 18.4. The third kappa shape index (κ3) is 8.03. The maximum Gasteiger partial charge on any atom is 0.408 e. The van der Waals surface area contributed by atoms with Crippen molar-refractivity contribution in [1.29, 1.82) is 0 Å². The molecule has 1 aromatic rings. The summed E-state index contributed by atoms with van der Waals surface area (Å²) in [4.78, 5) is 28.9. The molecule has 1 fully saturated rings. The van der Waals surface area contributed by atoms with Gasteiger partial charge in [-0.05, 0) is 46.7 Å². The van der Waals surface area contributed by atoms with E-state index in [4.69, 9.17) is 4.74 Å². The Bertz CT molecular complexity index is 660. The van der Waals surface area contributed by atoms with Crippen LogP contribution in [0.2, 0.25) is 0 Å². The van der Waals surface area contributed by atoms with Crippen molar-refractivity contribution in [1.82, 2.24) is 20.4 Å². The number of carbonyl (C=O) groups is 2. The van der Waals surface area contributed by atoms with Gasteiger partial charge in [-0.2, -0.15) is 0 Å². The number of ether oxygens (including phenoxy) is 1. The molecule has 2 atom stereocenters. The van der Waals surface area contributed by atoms with Crippen LogP contribution >= 0.6 is 0 Å². The molecule has 1 unspecified atom stereocenters. The van der Waals surface area contributed by atoms with Crippen LogP contribution < -0.4 is 10.6 Å². The molecule has 2 rings (SSSR count). The molecule has 0 spiro atoms. The van der Waals surface area contributed by atoms with Gasteiger partial charge in [0.15, 0.2) is 0 Å². The standard InChI is InChI=1S/C22H36N4O3/c1-17(24-21(28)29-22(2,3)4)20(27)23-12-9-13-26-15-14-25(5)16-19(26)18-10-7-6-8-11-18/h6-8,10-11,17,19H,9,12-16H2,1-5H3,(H,23,27)(H,24,28)/t17-,19?/m1/s1. The van der Waals surface area contributed by atoms with Crippen LogP contribution in [0.5, 0.6) is 0 Å². The van der Waals surface area contributed by atoms with E-state index >= 15 is 0 Å². The lowest BCUT2D eigenvalue weighted by atomic mass is 10.0. The fourth-order valence-corrected chi connectivity index (χ4v) is 3.41. The Morgan fingerprint density at radius 3 is 2.55 bits per heavy atom. The highest BCUT2D eigenvalue weighted by molar-refractivity contribution is 5.85. The zero-order valence-corrected chi connectivity index (χ0v) is 18.4. The number of alkyl carbamates (subject to hydrolysis) is 1. The van der Waals surface area contributed by atoms with Crippen LogP contribution in [-0.4, -0.2) is 73.2 Å². The van der Waals surface area contributed by atoms with Gasteiger partial charge in [0.2, 0.25) is 5.91 Å². The second kappa shape index (κ2) is 10.6. The van der Waals surface area contributed by atoms with E-state index in [1.807, 2.05) is 6.07 Å². The molecule has 7 heteroatoms. The van der Waals surface area contributed by atoms with Crippen molar-refractivity contribution < 1.29 is 14.3 Å². The summed E-state index contributed by atoms with van der Waals surface area (Å²) < 4.78 is 5.19. The van der Waals surface area contributed by atoms with Gasteiger partial charge in [0.05, 0.1) is 0 Å². The average Bonchev–Trinajstić information content (AvgIpc) is 2.65. The van der Waals surface area contributed by atoms with Crippen molar-refractivity contribution in [2.75, 3.05) is 39.8 Å². The lowest BCUT2D eigenvalue weighted by Gasteiger charge is -2.40. The van der Waals surface area contributed by atoms with Crippen LogP contribution in [0.4, 0.5) is 4.79 Å². The van der Waals surface area contributed by atoms with E-state index in [9.17, 15) is 9.59 Å². The SMILES string of the molecule is C[C@@H](NC(=O)OC(C)(C)C)C(=O)NCCCN1CCN(C)CC1c1ccccc1. The zero-order chi connectivity index (χ0) is 21.4. The van der Waals surface area contributed by atoms with Gasteiger partial charge in [0.1, 0.15) is 11.6 Å². The van der Waals surface area contributed by atoms with Gasteiger partial charge in [0.25, 0.3) is 0 Å². The van der Waals surface area contributed by atoms with E-state index in [0.717, 1.165) is 32.6 Å². The Balaban J connectivity index is 1.75. The van der Waals surface area contributed by atoms with Crippen LogP contribution in [0.25, 0.3) is 0 Å². The van der Waals surface area contributed by atoms with E-state index in [1.165, 1.54) is 5.56 Å². The summed E-state index contributed by atoms with van der Waals surface area (Å²) in [6, 6.07) is 10.3. The lowest BCUT2D eigenvalue weighted by Crippen LogP contribution is -2.48. The molecular weight excluding hydrogens is 368 g/mol. The predicted molar refractivity (Wildman–Crippen MR) is 115 cm³/mol. The molecule has 1 aromatic carbocycles. The topological polar surface area (TPSA) is 73.9 Å². The molecule has 0 saturated carbocycles. The van der Waals surface area contributed by atoms with E-state index in [-0.39, 0.29) is 5.91 Å². The van der Waals surface area contributed by atoms with Gasteiger partial charge in [-0.3, -0.25) is 9.69 Å². The number of rotatable bonds is 7. The van der Waals surface area contributed by atoms with Crippen LogP contribution in [0, 0.1) is 0 Å². The van der Waals surface area contributed by atoms with E-state index in [2.05, 4.69) is 51.7 Å². The second-order valence-electron chi connectivity index (χ2n) is 8.74. The van der Waals surface area contributed by atoms with Crippen LogP contribution in [0.1, 0.15) is 45.7 Å². The molecule has 1 aliphatic rings. The highest BCUT2D eigenvalue weighted by Gasteiger charge is 2.26. The van der Waals surface area contributed by atoms with Gasteiger partial charge in [-0.1, -0.05) is 30.3 Å². The van der Waals surface area contributed by atoms with E-state index < -0.39 is 17.7 Å². The highest BCUT2D eigenvalue weighted by atomic mass is 16.6. The molecular formula is C22H36N4O3. The Hall–Kier alpha value is -2.12. The van der Waals surface area contributed by atoms with Gasteiger partial charge in [0, 0.05) is 38.8 Å². The predicted octanol–water partition coefficient (Wildman–Crippen LogP) is 2.39. The number of benzene rings is 1. The molecule has 7 nitrogen and oxygen atoms in total. The van der Waals surface area contributed by atoms with Crippen molar-refractivity contribution in [3.63, 3.8) is 0 Å². The molecule has 162 valence electrons. The molecule has 2 N–H and O–H groups in total. The van der Waals surface area contributed by atoms with Crippen molar-refractivity contribution >= 4 is 12.0 Å². The maximum absolute atomic E-state index is 12.2. The molecule has 29 heavy (non-hydrogen) atoms. The third-order valence-corrected chi connectivity index (χ3v) is 4.93. The Morgan fingerprint density at radius 2 is 1.90 bits per heavy atom. The molecule has 0 bridgehead atoms. The summed E-state index contributed by atoms with van der Waals surface area (Å²) in [5, 5.41) is 5.48. The second-order valence-corrected chi connectivity index (χ2v) is 8.74. The fourth-order valence-electron chi connectivity index (χ4n) is 3.41. The minimum atomic E-state index is -0.634. The minimum absolute atomic E-state index is 0.200. The average molecular weight is 405 g/mol. The Morgan fingerprint density at radius 1 is 1.21 bits per heavy atom. The number of likely N-dealkylation sites (N-methyl/N-ethyl adjacent to an activating group) is 1. The molecule has 2 amide bonds. The molecule has 1 heterocycles. The number of hydrogen-bond donors (Lipinski definition) is 2. The molecule has 0 aromatic heterocycles. The molecule has 0 radical (unpaired) electrons. The normalized spacial score (nSPS) is 19.4. The Kier molecular flexibility index (Phi) is 8.46. The summed E-state index contributed by atoms with van der Waals surface area (Å²) in [6.45, 7) is 11.6. The van der Waals surface area contributed by atoms with Crippen LogP contribution in [0.3, 0.4) is 0 Å². The summed E-state index contributed by atoms with van der Waals surface area (Å²) in [5.74, 6) is -0.200. The van der Waals surface area contributed by atoms with Crippen molar-refractivity contribution in [3.05, 3.63) is 35.9 Å². The number of amides is 2. The molecule has 1 saturated heterocycles. The smallest absolute Gasteiger partial charge is 0.408 e. The first-order valence-corrected chi connectivity index (χ1v) is 10.4. The Labute approximate surface area is 174 Å². The first-order valence-electron chi connectivity index (χ1n) is 10.4. The van der Waals surface area contributed by atoms with Crippen molar-refractivity contribution in [2.24, 2.45) is 0 Å². The van der Waals surface area contributed by atoms with Gasteiger partial charge in [-0.25, -0.2) is 4.79 Å². The summed E-state index contributed by atoms with van der Waals surface area (Å²) in [6.07, 6.45) is 0.279. The van der Waals surface area contributed by atoms with Crippen molar-refractivity contribution in [3.8, 4) is 0 Å². The lowest BCUT2D eigenvalue weighted by molar-refractivity contribution is -0.122. The monoisotopic (exact) mass is 404 g/mol. The summed E-state index contributed by atoms with van der Waals surface area (Å²) in [7, 11) is 2.16. The number of nitrogens with one attached hydrogen (secondary N) is 2. The first-order chi connectivity index (χ1) is 13.7. The highest BCUT2D eigenvalue weighted by Crippen LogP contribution is 2.24. The number of hydrogen-bond acceptors (Lipinski definition) is 5. The van der Waals surface area contributed by atoms with E-state index in [0.29, 0.717) is 12.6 Å².